The number of primary amides is 1. The van der Waals surface area contributed by atoms with Crippen LogP contribution in [-0.2, 0) is 14.4 Å². The van der Waals surface area contributed by atoms with Gasteiger partial charge in [-0.05, 0) is 23.6 Å². The number of carbonyl (C=O) groups is 3. The first-order valence-corrected chi connectivity index (χ1v) is 8.13. The van der Waals surface area contributed by atoms with Gasteiger partial charge in [-0.15, -0.1) is 0 Å². The lowest BCUT2D eigenvalue weighted by Crippen LogP contribution is -2.57. The Morgan fingerprint density at radius 2 is 1.96 bits per heavy atom. The molecule has 27 heavy (non-hydrogen) atoms. The fraction of sp³-hybridized carbons (Fsp3) is 0.158. The molecule has 0 bridgehead atoms. The fourth-order valence-corrected chi connectivity index (χ4v) is 3.04. The molecule has 1 aromatic heterocycles. The summed E-state index contributed by atoms with van der Waals surface area (Å²) in [5.41, 5.74) is 5.71. The van der Waals surface area contributed by atoms with Gasteiger partial charge in [-0.2, -0.15) is 4.57 Å². The molecule has 1 aliphatic rings. The third-order valence-corrected chi connectivity index (χ3v) is 4.17. The largest absolute Gasteiger partial charge is 0.484 e. The van der Waals surface area contributed by atoms with Crippen molar-refractivity contribution in [3.63, 3.8) is 0 Å². The molecule has 0 radical (unpaired) electrons. The highest BCUT2D eigenvalue weighted by molar-refractivity contribution is 6.13. The van der Waals surface area contributed by atoms with E-state index in [2.05, 4.69) is 11.2 Å². The maximum absolute atomic E-state index is 12.6. The highest BCUT2D eigenvalue weighted by Gasteiger charge is 2.47. The van der Waals surface area contributed by atoms with Crippen LogP contribution in [0.1, 0.15) is 17.5 Å². The van der Waals surface area contributed by atoms with Crippen molar-refractivity contribution in [3.05, 3.63) is 66.0 Å². The van der Waals surface area contributed by atoms with E-state index in [0.717, 1.165) is 0 Å². The van der Waals surface area contributed by atoms with E-state index in [0.29, 0.717) is 11.3 Å². The molecule has 8 nitrogen and oxygen atoms in total. The Hall–Kier alpha value is -3.77. The zero-order valence-corrected chi connectivity index (χ0v) is 14.2. The van der Waals surface area contributed by atoms with Gasteiger partial charge in [-0.1, -0.05) is 18.2 Å². The smallest absolute Gasteiger partial charge is 0.296 e. The number of piperidine rings is 1. The molecule has 0 saturated carbocycles. The number of nitrogens with two attached hydrogens (primary N) is 1. The number of pyridine rings is 1. The lowest BCUT2D eigenvalue weighted by atomic mass is 9.81. The summed E-state index contributed by atoms with van der Waals surface area (Å²) in [6, 6.07) is 11.2. The molecule has 2 atom stereocenters. The zero-order valence-electron chi connectivity index (χ0n) is 14.2. The minimum absolute atomic E-state index is 0.0306. The van der Waals surface area contributed by atoms with Crippen LogP contribution < -0.4 is 20.4 Å². The van der Waals surface area contributed by atoms with Crippen molar-refractivity contribution in [2.24, 2.45) is 5.73 Å². The summed E-state index contributed by atoms with van der Waals surface area (Å²) >= 11 is 0. The van der Waals surface area contributed by atoms with E-state index in [-0.39, 0.29) is 12.2 Å². The molecule has 1 aromatic carbocycles. The molecule has 1 fully saturated rings. The number of rotatable bonds is 5. The number of amides is 3. The molecule has 3 amide bonds. The second-order valence-corrected chi connectivity index (χ2v) is 5.93. The summed E-state index contributed by atoms with van der Waals surface area (Å²) < 4.78 is 6.99. The van der Waals surface area contributed by atoms with Crippen LogP contribution in [0.2, 0.25) is 0 Å². The summed E-state index contributed by atoms with van der Waals surface area (Å²) in [7, 11) is 0. The average molecular weight is 365 g/mol. The first-order valence-electron chi connectivity index (χ1n) is 8.13. The van der Waals surface area contributed by atoms with E-state index < -0.39 is 29.7 Å². The van der Waals surface area contributed by atoms with Crippen molar-refractivity contribution >= 4 is 23.6 Å². The molecule has 4 N–H and O–H groups in total. The second kappa shape index (κ2) is 7.63. The monoisotopic (exact) mass is 365 g/mol. The van der Waals surface area contributed by atoms with Gasteiger partial charge in [0, 0.05) is 12.1 Å². The lowest BCUT2D eigenvalue weighted by molar-refractivity contribution is -0.711. The Morgan fingerprint density at radius 3 is 2.63 bits per heavy atom. The summed E-state index contributed by atoms with van der Waals surface area (Å²) in [4.78, 5) is 35.8. The number of aromatic nitrogens is 1. The van der Waals surface area contributed by atoms with Gasteiger partial charge >= 0.3 is 0 Å². The van der Waals surface area contributed by atoms with Gasteiger partial charge in [0.2, 0.25) is 6.04 Å². The standard InChI is InChI=1S/C19H16N4O4/c20-10-14-16(12-5-4-6-13(9-12)27-11-15(21)24)17(19(26)22-18(14)25)23-7-2-1-3-8-23/h1-9,16-17,20H,11H2,(H2-,21,22,24,25,26)/p+1. The van der Waals surface area contributed by atoms with Crippen molar-refractivity contribution in [1.82, 2.24) is 5.32 Å². The van der Waals surface area contributed by atoms with Crippen LogP contribution in [0.3, 0.4) is 0 Å². The molecule has 1 aliphatic heterocycles. The summed E-state index contributed by atoms with van der Waals surface area (Å²) in [6.45, 7) is -0.294. The van der Waals surface area contributed by atoms with Gasteiger partial charge < -0.3 is 10.5 Å². The molecule has 0 aliphatic carbocycles. The van der Waals surface area contributed by atoms with Crippen LogP contribution in [-0.4, -0.2) is 30.2 Å². The SMILES string of the molecule is N=C=C1C(=O)NC(=O)C([n+]2ccccc2)C1c1cccc(OCC(N)=O)c1. The van der Waals surface area contributed by atoms with E-state index in [9.17, 15) is 14.4 Å². The van der Waals surface area contributed by atoms with Crippen LogP contribution in [0.15, 0.2) is 60.4 Å². The number of hydrogen-bond acceptors (Lipinski definition) is 5. The maximum Gasteiger partial charge on any atom is 0.296 e. The Balaban J connectivity index is 2.08. The minimum atomic E-state index is -0.789. The van der Waals surface area contributed by atoms with Crippen molar-refractivity contribution in [2.75, 3.05) is 6.61 Å². The van der Waals surface area contributed by atoms with Crippen LogP contribution in [0, 0.1) is 5.41 Å². The molecule has 8 heteroatoms. The van der Waals surface area contributed by atoms with Crippen LogP contribution in [0.25, 0.3) is 0 Å². The van der Waals surface area contributed by atoms with Crippen molar-refractivity contribution in [2.45, 2.75) is 12.0 Å². The van der Waals surface area contributed by atoms with Crippen molar-refractivity contribution < 1.29 is 23.7 Å². The predicted molar refractivity (Wildman–Crippen MR) is 93.9 cm³/mol. The molecule has 0 spiro atoms. The van der Waals surface area contributed by atoms with Crippen LogP contribution in [0.4, 0.5) is 0 Å². The number of hydrogen-bond donors (Lipinski definition) is 3. The molecule has 2 heterocycles. The molecule has 3 rings (SSSR count). The van der Waals surface area contributed by atoms with Gasteiger partial charge in [0.05, 0.1) is 11.5 Å². The average Bonchev–Trinajstić information content (AvgIpc) is 2.66. The van der Waals surface area contributed by atoms with Gasteiger partial charge in [-0.25, -0.2) is 0 Å². The Bertz CT molecular complexity index is 951. The van der Waals surface area contributed by atoms with Crippen LogP contribution in [0.5, 0.6) is 5.75 Å². The number of carbonyl (C=O) groups excluding carboxylic acids is 3. The summed E-state index contributed by atoms with van der Waals surface area (Å²) in [5.74, 6) is 0.0316. The number of benzene rings is 1. The zero-order chi connectivity index (χ0) is 19.4. The summed E-state index contributed by atoms with van der Waals surface area (Å²) in [6.07, 6.45) is 3.42. The lowest BCUT2D eigenvalue weighted by Gasteiger charge is -2.27. The highest BCUT2D eigenvalue weighted by atomic mass is 16.5. The number of ether oxygens (including phenoxy) is 1. The minimum Gasteiger partial charge on any atom is -0.484 e. The van der Waals surface area contributed by atoms with Gasteiger partial charge in [0.1, 0.15) is 5.75 Å². The van der Waals surface area contributed by atoms with E-state index in [1.54, 1.807) is 53.4 Å². The van der Waals surface area contributed by atoms with Crippen molar-refractivity contribution in [1.29, 1.82) is 5.41 Å². The first kappa shape index (κ1) is 18.0. The maximum atomic E-state index is 12.6. The molecular weight excluding hydrogens is 348 g/mol. The Labute approximate surface area is 154 Å². The molecule has 136 valence electrons. The Kier molecular flexibility index (Phi) is 5.10. The third-order valence-electron chi connectivity index (χ3n) is 4.17. The molecule has 2 aromatic rings. The second-order valence-electron chi connectivity index (χ2n) is 5.93. The molecular formula is C19H17N4O4+. The van der Waals surface area contributed by atoms with Crippen LogP contribution >= 0.6 is 0 Å². The molecule has 2 unspecified atom stereocenters. The number of nitrogens with one attached hydrogen (secondary N) is 2. The predicted octanol–water partition coefficient (Wildman–Crippen LogP) is -0.00563. The van der Waals surface area contributed by atoms with Gasteiger partial charge in [-0.3, -0.25) is 25.1 Å². The first-order chi connectivity index (χ1) is 13.0. The Morgan fingerprint density at radius 1 is 1.22 bits per heavy atom. The van der Waals surface area contributed by atoms with Gasteiger partial charge in [0.25, 0.3) is 17.7 Å². The fourth-order valence-electron chi connectivity index (χ4n) is 3.04. The highest BCUT2D eigenvalue weighted by Crippen LogP contribution is 2.36. The van der Waals surface area contributed by atoms with E-state index in [1.807, 2.05) is 6.07 Å². The number of nitrogens with zero attached hydrogens (tertiary/aromatic N) is 1. The molecule has 1 saturated heterocycles. The van der Waals surface area contributed by atoms with E-state index >= 15 is 0 Å². The number of imide groups is 1. The topological polar surface area (TPSA) is 126 Å². The summed E-state index contributed by atoms with van der Waals surface area (Å²) in [5, 5.41) is 9.83. The normalized spacial score (nSPS) is 19.2. The van der Waals surface area contributed by atoms with E-state index in [1.165, 1.54) is 0 Å². The quantitative estimate of drug-likeness (QED) is 0.298. The third kappa shape index (κ3) is 3.75. The van der Waals surface area contributed by atoms with Crippen molar-refractivity contribution in [3.8, 4) is 5.75 Å². The van der Waals surface area contributed by atoms with Gasteiger partial charge in [0.15, 0.2) is 19.0 Å². The van der Waals surface area contributed by atoms with E-state index in [4.69, 9.17) is 15.9 Å².